The van der Waals surface area contributed by atoms with Crippen LogP contribution in [0.4, 0.5) is 10.2 Å². The highest BCUT2D eigenvalue weighted by atomic mass is 35.5. The van der Waals surface area contributed by atoms with Gasteiger partial charge in [-0.05, 0) is 60.0 Å². The summed E-state index contributed by atoms with van der Waals surface area (Å²) in [7, 11) is 0. The van der Waals surface area contributed by atoms with Crippen molar-refractivity contribution in [3.8, 4) is 27.9 Å². The SMILES string of the molecule is Cc1nc(N)ccc1-c1cnn(C(CC2CC2)c2ccc(-c3c(-n4cnnn4)ccc(Cl)c3F)c[n+]2[O-])c1. The lowest BCUT2D eigenvalue weighted by atomic mass is 10.0. The number of rotatable bonds is 7. The van der Waals surface area contributed by atoms with Gasteiger partial charge in [-0.1, -0.05) is 24.4 Å². The van der Waals surface area contributed by atoms with Crippen molar-refractivity contribution >= 4 is 17.4 Å². The number of halogens is 2. The second-order valence-corrected chi connectivity index (χ2v) is 9.86. The molecule has 6 rings (SSSR count). The summed E-state index contributed by atoms with van der Waals surface area (Å²) < 4.78 is 19.2. The fraction of sp³-hybridized carbons (Fsp3) is 0.231. The van der Waals surface area contributed by atoms with Gasteiger partial charge in [-0.15, -0.1) is 5.10 Å². The zero-order chi connectivity index (χ0) is 26.4. The molecule has 0 aliphatic heterocycles. The number of tetrazole rings is 1. The first-order valence-electron chi connectivity index (χ1n) is 12.1. The Balaban J connectivity index is 1.40. The van der Waals surface area contributed by atoms with Crippen LogP contribution in [-0.2, 0) is 0 Å². The second-order valence-electron chi connectivity index (χ2n) is 9.45. The van der Waals surface area contributed by atoms with Gasteiger partial charge >= 0.3 is 0 Å². The lowest BCUT2D eigenvalue weighted by Gasteiger charge is -2.18. The largest absolute Gasteiger partial charge is 0.618 e. The number of benzene rings is 1. The highest BCUT2D eigenvalue weighted by Gasteiger charge is 2.32. The first-order valence-corrected chi connectivity index (χ1v) is 12.5. The van der Waals surface area contributed by atoms with Crippen LogP contribution < -0.4 is 10.5 Å². The van der Waals surface area contributed by atoms with E-state index >= 15 is 4.39 Å². The van der Waals surface area contributed by atoms with Gasteiger partial charge in [0.1, 0.15) is 18.2 Å². The van der Waals surface area contributed by atoms with Gasteiger partial charge in [0.05, 0.1) is 28.0 Å². The summed E-state index contributed by atoms with van der Waals surface area (Å²) in [6.07, 6.45) is 9.40. The average Bonchev–Trinajstić information content (AvgIpc) is 3.33. The van der Waals surface area contributed by atoms with Gasteiger partial charge in [0.2, 0.25) is 5.69 Å². The Bertz CT molecular complexity index is 1630. The van der Waals surface area contributed by atoms with Crippen LogP contribution in [0.3, 0.4) is 0 Å². The number of nitrogen functional groups attached to an aromatic ring is 1. The zero-order valence-corrected chi connectivity index (χ0v) is 21.1. The smallest absolute Gasteiger partial charge is 0.217 e. The molecule has 12 heteroatoms. The number of nitrogens with two attached hydrogens (primary N) is 1. The van der Waals surface area contributed by atoms with E-state index in [1.54, 1.807) is 30.5 Å². The number of hydrogen-bond acceptors (Lipinski definition) is 7. The summed E-state index contributed by atoms with van der Waals surface area (Å²) in [5, 5.41) is 29.1. The van der Waals surface area contributed by atoms with Gasteiger partial charge in [-0.3, -0.25) is 4.68 Å². The minimum absolute atomic E-state index is 0.0681. The Kier molecular flexibility index (Phi) is 5.99. The lowest BCUT2D eigenvalue weighted by Crippen LogP contribution is -2.35. The molecule has 0 bridgehead atoms. The van der Waals surface area contributed by atoms with E-state index in [1.165, 1.54) is 23.3 Å². The number of pyridine rings is 2. The van der Waals surface area contributed by atoms with Crippen molar-refractivity contribution in [2.75, 3.05) is 5.73 Å². The maximum atomic E-state index is 15.2. The second kappa shape index (κ2) is 9.49. The molecule has 1 aliphatic rings. The summed E-state index contributed by atoms with van der Waals surface area (Å²) in [5.74, 6) is 0.312. The van der Waals surface area contributed by atoms with Crippen LogP contribution in [0.5, 0.6) is 0 Å². The standard InChI is InChI=1S/C26H23ClFN9O/c1-15-19(5-9-24(29)32-15)18-11-31-35(12-18)23(10-16-2-3-16)21-7-4-17(13-37(21)38)25-22(36-14-30-33-34-36)8-6-20(27)26(25)28/h4-9,11-14,16,23H,2-3,10H2,1H3,(H2,29,32). The predicted octanol–water partition coefficient (Wildman–Crippen LogP) is 4.29. The Hall–Kier alpha value is -4.38. The van der Waals surface area contributed by atoms with Gasteiger partial charge in [-0.25, -0.2) is 9.37 Å². The Labute approximate surface area is 222 Å². The van der Waals surface area contributed by atoms with Gasteiger partial charge < -0.3 is 10.9 Å². The molecule has 1 atom stereocenters. The normalized spacial score (nSPS) is 14.1. The topological polar surface area (TPSA) is 127 Å². The third-order valence-corrected chi connectivity index (χ3v) is 7.13. The molecule has 1 unspecified atom stereocenters. The first-order chi connectivity index (χ1) is 18.4. The van der Waals surface area contributed by atoms with E-state index in [4.69, 9.17) is 17.3 Å². The van der Waals surface area contributed by atoms with Crippen LogP contribution in [0.2, 0.25) is 5.02 Å². The third kappa shape index (κ3) is 4.45. The van der Waals surface area contributed by atoms with Crippen LogP contribution in [0, 0.1) is 23.9 Å². The van der Waals surface area contributed by atoms with Crippen molar-refractivity contribution in [2.24, 2.45) is 5.92 Å². The first kappa shape index (κ1) is 24.0. The number of anilines is 1. The minimum Gasteiger partial charge on any atom is -0.618 e. The average molecular weight is 532 g/mol. The summed E-state index contributed by atoms with van der Waals surface area (Å²) >= 11 is 6.09. The molecule has 0 saturated heterocycles. The molecule has 4 heterocycles. The Morgan fingerprint density at radius 3 is 2.74 bits per heavy atom. The Morgan fingerprint density at radius 1 is 1.18 bits per heavy atom. The highest BCUT2D eigenvalue weighted by Crippen LogP contribution is 2.39. The van der Waals surface area contributed by atoms with E-state index in [0.717, 1.165) is 40.8 Å². The molecular weight excluding hydrogens is 509 g/mol. The summed E-state index contributed by atoms with van der Waals surface area (Å²) in [5.41, 5.74) is 9.78. The number of hydrogen-bond donors (Lipinski definition) is 1. The van der Waals surface area contributed by atoms with Crippen molar-refractivity contribution in [1.29, 1.82) is 0 Å². The summed E-state index contributed by atoms with van der Waals surface area (Å²) in [6.45, 7) is 1.90. The molecule has 0 radical (unpaired) electrons. The molecule has 192 valence electrons. The van der Waals surface area contributed by atoms with Crippen molar-refractivity contribution in [3.63, 3.8) is 0 Å². The van der Waals surface area contributed by atoms with E-state index in [9.17, 15) is 5.21 Å². The molecule has 38 heavy (non-hydrogen) atoms. The maximum Gasteiger partial charge on any atom is 0.217 e. The van der Waals surface area contributed by atoms with Gasteiger partial charge in [0.15, 0.2) is 12.0 Å². The lowest BCUT2D eigenvalue weighted by molar-refractivity contribution is -0.615. The zero-order valence-electron chi connectivity index (χ0n) is 20.4. The predicted molar refractivity (Wildman–Crippen MR) is 139 cm³/mol. The molecule has 1 aromatic carbocycles. The molecular formula is C26H23ClFN9O. The number of nitrogens with zero attached hydrogens (tertiary/aromatic N) is 8. The molecule has 0 spiro atoms. The molecule has 1 aliphatic carbocycles. The van der Waals surface area contributed by atoms with E-state index in [2.05, 4.69) is 25.6 Å². The van der Waals surface area contributed by atoms with Crippen LogP contribution >= 0.6 is 11.6 Å². The third-order valence-electron chi connectivity index (χ3n) is 6.84. The van der Waals surface area contributed by atoms with Crippen molar-refractivity contribution in [1.82, 2.24) is 35.0 Å². The van der Waals surface area contributed by atoms with Crippen LogP contribution in [0.1, 0.15) is 36.7 Å². The fourth-order valence-corrected chi connectivity index (χ4v) is 4.90. The molecule has 1 saturated carbocycles. The van der Waals surface area contributed by atoms with Gasteiger partial charge in [-0.2, -0.15) is 14.5 Å². The van der Waals surface area contributed by atoms with Crippen LogP contribution in [0.15, 0.2) is 61.3 Å². The van der Waals surface area contributed by atoms with E-state index < -0.39 is 5.82 Å². The molecule has 2 N–H and O–H groups in total. The number of aryl methyl sites for hydroxylation is 1. The molecule has 10 nitrogen and oxygen atoms in total. The monoisotopic (exact) mass is 531 g/mol. The van der Waals surface area contributed by atoms with E-state index in [1.807, 2.05) is 23.9 Å². The van der Waals surface area contributed by atoms with Gasteiger partial charge in [0, 0.05) is 29.1 Å². The number of aromatic nitrogens is 8. The molecule has 1 fully saturated rings. The van der Waals surface area contributed by atoms with Crippen molar-refractivity contribution in [2.45, 2.75) is 32.2 Å². The van der Waals surface area contributed by atoms with Crippen LogP contribution in [0.25, 0.3) is 27.9 Å². The summed E-state index contributed by atoms with van der Waals surface area (Å²) in [4.78, 5) is 4.34. The van der Waals surface area contributed by atoms with Crippen molar-refractivity contribution in [3.05, 3.63) is 88.8 Å². The highest BCUT2D eigenvalue weighted by molar-refractivity contribution is 6.31. The minimum atomic E-state index is -0.661. The van der Waals surface area contributed by atoms with E-state index in [-0.39, 0.29) is 16.6 Å². The quantitative estimate of drug-likeness (QED) is 0.245. The summed E-state index contributed by atoms with van der Waals surface area (Å²) in [6, 6.07) is 9.84. The van der Waals surface area contributed by atoms with Crippen LogP contribution in [-0.4, -0.2) is 35.0 Å². The van der Waals surface area contributed by atoms with Crippen molar-refractivity contribution < 1.29 is 9.12 Å². The molecule has 4 aromatic heterocycles. The Morgan fingerprint density at radius 2 is 2.03 bits per heavy atom. The van der Waals surface area contributed by atoms with E-state index in [0.29, 0.717) is 28.7 Å². The molecule has 5 aromatic rings. The van der Waals surface area contributed by atoms with Gasteiger partial charge in [0.25, 0.3) is 0 Å². The maximum absolute atomic E-state index is 15.2. The molecule has 0 amide bonds. The fourth-order valence-electron chi connectivity index (χ4n) is 4.74.